The van der Waals surface area contributed by atoms with Gasteiger partial charge >= 0.3 is 0 Å². The third-order valence-electron chi connectivity index (χ3n) is 2.06. The maximum atomic E-state index is 10.5. The number of nitrogen functional groups attached to an aromatic ring is 1. The van der Waals surface area contributed by atoms with Crippen molar-refractivity contribution < 1.29 is 4.79 Å². The molecule has 4 heteroatoms. The van der Waals surface area contributed by atoms with Crippen molar-refractivity contribution in [2.45, 2.75) is 13.3 Å². The van der Waals surface area contributed by atoms with Crippen LogP contribution in [0.3, 0.4) is 0 Å². The van der Waals surface area contributed by atoms with Crippen LogP contribution in [0.4, 0.5) is 11.4 Å². The summed E-state index contributed by atoms with van der Waals surface area (Å²) in [5.74, 6) is -0.306. The van der Waals surface area contributed by atoms with E-state index in [0.717, 1.165) is 16.9 Å². The fraction of sp³-hybridized carbons (Fsp3) is 0.300. The van der Waals surface area contributed by atoms with Crippen molar-refractivity contribution in [3.8, 4) is 0 Å². The Hall–Kier alpha value is -1.71. The van der Waals surface area contributed by atoms with E-state index >= 15 is 0 Å². The van der Waals surface area contributed by atoms with Crippen molar-refractivity contribution in [3.05, 3.63) is 23.8 Å². The van der Waals surface area contributed by atoms with Crippen molar-refractivity contribution in [2.24, 2.45) is 5.73 Å². The molecular weight excluding hydrogens is 178 g/mol. The van der Waals surface area contributed by atoms with Gasteiger partial charge in [0.2, 0.25) is 5.91 Å². The predicted octanol–water partition coefficient (Wildman–Crippen LogP) is 0.865. The number of anilines is 2. The monoisotopic (exact) mass is 193 g/mol. The Kier molecular flexibility index (Phi) is 3.34. The van der Waals surface area contributed by atoms with Crippen LogP contribution in [0.1, 0.15) is 12.0 Å². The molecule has 0 heterocycles. The third-order valence-corrected chi connectivity index (χ3v) is 2.06. The molecule has 5 N–H and O–H groups in total. The summed E-state index contributed by atoms with van der Waals surface area (Å²) in [5.41, 5.74) is 13.4. The summed E-state index contributed by atoms with van der Waals surface area (Å²) >= 11 is 0. The standard InChI is InChI=1S/C10H15N3O/c1-7-8(11)3-2-4-9(7)13-6-5-10(12)14/h2-4,13H,5-6,11H2,1H3,(H2,12,14). The Balaban J connectivity index is 2.59. The average Bonchev–Trinajstić information content (AvgIpc) is 2.12. The van der Waals surface area contributed by atoms with Crippen molar-refractivity contribution in [1.29, 1.82) is 0 Å². The van der Waals surface area contributed by atoms with Crippen molar-refractivity contribution >= 4 is 17.3 Å². The molecule has 0 aliphatic rings. The second-order valence-electron chi connectivity index (χ2n) is 3.16. The number of carbonyl (C=O) groups is 1. The molecule has 0 radical (unpaired) electrons. The number of nitrogens with two attached hydrogens (primary N) is 2. The van der Waals surface area contributed by atoms with E-state index < -0.39 is 0 Å². The van der Waals surface area contributed by atoms with Crippen LogP contribution >= 0.6 is 0 Å². The molecule has 76 valence electrons. The quantitative estimate of drug-likeness (QED) is 0.620. The number of hydrogen-bond acceptors (Lipinski definition) is 3. The van der Waals surface area contributed by atoms with Crippen LogP contribution < -0.4 is 16.8 Å². The van der Waals surface area contributed by atoms with Gasteiger partial charge in [-0.25, -0.2) is 0 Å². The number of amides is 1. The fourth-order valence-corrected chi connectivity index (χ4v) is 1.17. The van der Waals surface area contributed by atoms with Gasteiger partial charge in [0.15, 0.2) is 0 Å². The van der Waals surface area contributed by atoms with Crippen LogP contribution in [0.25, 0.3) is 0 Å². The highest BCUT2D eigenvalue weighted by Crippen LogP contribution is 2.19. The summed E-state index contributed by atoms with van der Waals surface area (Å²) in [5, 5.41) is 3.10. The number of rotatable bonds is 4. The molecule has 0 aromatic heterocycles. The van der Waals surface area contributed by atoms with E-state index in [1.165, 1.54) is 0 Å². The Morgan fingerprint density at radius 2 is 2.21 bits per heavy atom. The van der Waals surface area contributed by atoms with Gasteiger partial charge in [-0.3, -0.25) is 4.79 Å². The minimum atomic E-state index is -0.306. The zero-order valence-corrected chi connectivity index (χ0v) is 8.21. The molecule has 0 fully saturated rings. The minimum Gasteiger partial charge on any atom is -0.398 e. The molecule has 0 atom stereocenters. The first-order valence-corrected chi connectivity index (χ1v) is 4.48. The first-order valence-electron chi connectivity index (χ1n) is 4.48. The maximum Gasteiger partial charge on any atom is 0.219 e. The minimum absolute atomic E-state index is 0.306. The molecule has 0 bridgehead atoms. The molecular formula is C10H15N3O. The topological polar surface area (TPSA) is 81.1 Å². The first kappa shape index (κ1) is 10.4. The van der Waals surface area contributed by atoms with E-state index in [0.29, 0.717) is 13.0 Å². The van der Waals surface area contributed by atoms with Gasteiger partial charge in [0.05, 0.1) is 0 Å². The van der Waals surface area contributed by atoms with Gasteiger partial charge in [0.1, 0.15) is 0 Å². The molecule has 0 aliphatic carbocycles. The van der Waals surface area contributed by atoms with E-state index in [4.69, 9.17) is 11.5 Å². The van der Waals surface area contributed by atoms with Gasteiger partial charge < -0.3 is 16.8 Å². The largest absolute Gasteiger partial charge is 0.398 e. The van der Waals surface area contributed by atoms with Gasteiger partial charge in [-0.1, -0.05) is 6.07 Å². The molecule has 0 saturated carbocycles. The fourth-order valence-electron chi connectivity index (χ4n) is 1.17. The predicted molar refractivity (Wildman–Crippen MR) is 57.9 cm³/mol. The molecule has 0 aliphatic heterocycles. The van der Waals surface area contributed by atoms with Gasteiger partial charge in [-0.05, 0) is 24.6 Å². The molecule has 4 nitrogen and oxygen atoms in total. The molecule has 0 saturated heterocycles. The number of hydrogen-bond donors (Lipinski definition) is 3. The van der Waals surface area contributed by atoms with E-state index in [-0.39, 0.29) is 5.91 Å². The molecule has 1 amide bonds. The Labute approximate surface area is 83.3 Å². The number of benzene rings is 1. The summed E-state index contributed by atoms with van der Waals surface area (Å²) in [7, 11) is 0. The zero-order chi connectivity index (χ0) is 10.6. The molecule has 0 spiro atoms. The normalized spacial score (nSPS) is 9.79. The van der Waals surface area contributed by atoms with Crippen molar-refractivity contribution in [3.63, 3.8) is 0 Å². The highest BCUT2D eigenvalue weighted by Gasteiger charge is 2.00. The second kappa shape index (κ2) is 4.50. The number of nitrogens with one attached hydrogen (secondary N) is 1. The number of primary amides is 1. The lowest BCUT2D eigenvalue weighted by Gasteiger charge is -2.09. The molecule has 1 aromatic carbocycles. The summed E-state index contributed by atoms with van der Waals surface area (Å²) in [6.45, 7) is 2.47. The van der Waals surface area contributed by atoms with Gasteiger partial charge in [0.25, 0.3) is 0 Å². The van der Waals surface area contributed by atoms with Crippen LogP contribution in [0.5, 0.6) is 0 Å². The van der Waals surface area contributed by atoms with Gasteiger partial charge in [-0.15, -0.1) is 0 Å². The average molecular weight is 193 g/mol. The summed E-state index contributed by atoms with van der Waals surface area (Å²) in [4.78, 5) is 10.5. The summed E-state index contributed by atoms with van der Waals surface area (Å²) in [6, 6.07) is 5.64. The molecule has 1 aromatic rings. The Morgan fingerprint density at radius 1 is 1.50 bits per heavy atom. The Bertz CT molecular complexity index is 336. The van der Waals surface area contributed by atoms with E-state index in [1.807, 2.05) is 25.1 Å². The smallest absolute Gasteiger partial charge is 0.219 e. The van der Waals surface area contributed by atoms with E-state index in [9.17, 15) is 4.79 Å². The lowest BCUT2D eigenvalue weighted by Crippen LogP contribution is -2.16. The van der Waals surface area contributed by atoms with Crippen molar-refractivity contribution in [2.75, 3.05) is 17.6 Å². The van der Waals surface area contributed by atoms with Crippen LogP contribution in [-0.2, 0) is 4.79 Å². The molecule has 1 rings (SSSR count). The SMILES string of the molecule is Cc1c(N)cccc1NCCC(N)=O. The summed E-state index contributed by atoms with van der Waals surface area (Å²) < 4.78 is 0. The molecule has 0 unspecified atom stereocenters. The molecule has 14 heavy (non-hydrogen) atoms. The van der Waals surface area contributed by atoms with Gasteiger partial charge in [0, 0.05) is 24.3 Å². The van der Waals surface area contributed by atoms with Crippen molar-refractivity contribution in [1.82, 2.24) is 0 Å². The van der Waals surface area contributed by atoms with E-state index in [1.54, 1.807) is 0 Å². The second-order valence-corrected chi connectivity index (χ2v) is 3.16. The van der Waals surface area contributed by atoms with Crippen LogP contribution in [-0.4, -0.2) is 12.5 Å². The van der Waals surface area contributed by atoms with Gasteiger partial charge in [-0.2, -0.15) is 0 Å². The zero-order valence-electron chi connectivity index (χ0n) is 8.21. The summed E-state index contributed by atoms with van der Waals surface area (Å²) in [6.07, 6.45) is 0.328. The van der Waals surface area contributed by atoms with Crippen LogP contribution in [0.2, 0.25) is 0 Å². The number of carbonyl (C=O) groups excluding carboxylic acids is 1. The van der Waals surface area contributed by atoms with E-state index in [2.05, 4.69) is 5.32 Å². The lowest BCUT2D eigenvalue weighted by molar-refractivity contribution is -0.117. The Morgan fingerprint density at radius 3 is 2.86 bits per heavy atom. The first-order chi connectivity index (χ1) is 6.61. The third kappa shape index (κ3) is 2.65. The van der Waals surface area contributed by atoms with Crippen LogP contribution in [0.15, 0.2) is 18.2 Å². The highest BCUT2D eigenvalue weighted by atomic mass is 16.1. The lowest BCUT2D eigenvalue weighted by atomic mass is 10.1. The highest BCUT2D eigenvalue weighted by molar-refractivity contribution is 5.74. The maximum absolute atomic E-state index is 10.5. The van der Waals surface area contributed by atoms with Crippen LogP contribution in [0, 0.1) is 6.92 Å².